The molecule has 0 radical (unpaired) electrons. The Hall–Kier alpha value is -2.17. The highest BCUT2D eigenvalue weighted by Gasteiger charge is 2.21. The summed E-state index contributed by atoms with van der Waals surface area (Å²) >= 11 is 0. The molecule has 0 atom stereocenters. The number of carbonyl (C=O) groups is 3. The molecule has 0 bridgehead atoms. The molecule has 0 spiro atoms. The molecule has 5 heteroatoms. The van der Waals surface area contributed by atoms with E-state index < -0.39 is 5.97 Å². The normalized spacial score (nSPS) is 9.84. The molecule has 0 fully saturated rings. The maximum Gasteiger partial charge on any atom is 0.337 e. The number of esters is 1. The first-order valence-corrected chi connectivity index (χ1v) is 6.09. The highest BCUT2D eigenvalue weighted by molar-refractivity contribution is 6.15. The second kappa shape index (κ2) is 6.68. The average Bonchev–Trinajstić information content (AvgIpc) is 2.46. The van der Waals surface area contributed by atoms with Crippen molar-refractivity contribution >= 4 is 23.5 Å². The van der Waals surface area contributed by atoms with E-state index in [9.17, 15) is 14.4 Å². The Balaban J connectivity index is 3.19. The number of nitrogens with zero attached hydrogens (tertiary/aromatic N) is 1. The Labute approximate surface area is 112 Å². The first-order valence-electron chi connectivity index (χ1n) is 6.09. The van der Waals surface area contributed by atoms with Crippen LogP contribution < -0.4 is 4.90 Å². The molecule has 0 heterocycles. The molecule has 102 valence electrons. The molecule has 0 aromatic heterocycles. The van der Waals surface area contributed by atoms with Gasteiger partial charge in [-0.2, -0.15) is 0 Å². The Kier molecular flexibility index (Phi) is 5.23. The van der Waals surface area contributed by atoms with Gasteiger partial charge in [-0.1, -0.05) is 19.9 Å². The smallest absolute Gasteiger partial charge is 0.337 e. The summed E-state index contributed by atoms with van der Waals surface area (Å²) in [6.07, 6.45) is 0.433. The van der Waals surface area contributed by atoms with Crippen molar-refractivity contribution in [3.63, 3.8) is 0 Å². The minimum atomic E-state index is -0.505. The second-order valence-electron chi connectivity index (χ2n) is 3.87. The summed E-state index contributed by atoms with van der Waals surface area (Å²) in [6, 6.07) is 6.28. The summed E-state index contributed by atoms with van der Waals surface area (Å²) in [7, 11) is 1.28. The molecule has 1 aromatic carbocycles. The van der Waals surface area contributed by atoms with Crippen LogP contribution >= 0.6 is 0 Å². The molecule has 0 aliphatic rings. The van der Waals surface area contributed by atoms with Crippen LogP contribution in [-0.2, 0) is 14.3 Å². The molecule has 19 heavy (non-hydrogen) atoms. The zero-order valence-corrected chi connectivity index (χ0v) is 11.3. The zero-order chi connectivity index (χ0) is 14.4. The maximum absolute atomic E-state index is 11.9. The quantitative estimate of drug-likeness (QED) is 0.781. The molecular weight excluding hydrogens is 246 g/mol. The summed E-state index contributed by atoms with van der Waals surface area (Å²) in [5.74, 6) is -1.10. The predicted octanol–water partition coefficient (Wildman–Crippen LogP) is 2.15. The highest BCUT2D eigenvalue weighted by atomic mass is 16.5. The lowest BCUT2D eigenvalue weighted by molar-refractivity contribution is -0.126. The molecule has 0 N–H and O–H groups in total. The van der Waals surface area contributed by atoms with Gasteiger partial charge in [0.25, 0.3) is 0 Å². The number of amides is 2. The summed E-state index contributed by atoms with van der Waals surface area (Å²) < 4.78 is 4.62. The largest absolute Gasteiger partial charge is 0.465 e. The Morgan fingerprint density at radius 2 is 1.68 bits per heavy atom. The Bertz CT molecular complexity index is 480. The lowest BCUT2D eigenvalue weighted by atomic mass is 10.1. The van der Waals surface area contributed by atoms with Crippen LogP contribution in [0.1, 0.15) is 37.0 Å². The van der Waals surface area contributed by atoms with Crippen molar-refractivity contribution in [2.24, 2.45) is 0 Å². The van der Waals surface area contributed by atoms with Gasteiger partial charge in [0.15, 0.2) is 0 Å². The Morgan fingerprint density at radius 1 is 1.11 bits per heavy atom. The van der Waals surface area contributed by atoms with Gasteiger partial charge >= 0.3 is 5.97 Å². The average molecular weight is 263 g/mol. The molecule has 0 aliphatic heterocycles. The molecular formula is C14H17NO4. The monoisotopic (exact) mass is 263 g/mol. The van der Waals surface area contributed by atoms with E-state index in [0.29, 0.717) is 11.3 Å². The van der Waals surface area contributed by atoms with E-state index in [1.165, 1.54) is 13.2 Å². The number of methoxy groups -OCH3 is 1. The first kappa shape index (κ1) is 14.9. The lowest BCUT2D eigenvalue weighted by Crippen LogP contribution is -2.36. The number of carbonyl (C=O) groups excluding carboxylic acids is 3. The number of anilines is 1. The lowest BCUT2D eigenvalue weighted by Gasteiger charge is -2.20. The molecule has 1 rings (SSSR count). The van der Waals surface area contributed by atoms with Crippen LogP contribution in [-0.4, -0.2) is 24.9 Å². The van der Waals surface area contributed by atoms with Gasteiger partial charge in [0.05, 0.1) is 18.4 Å². The van der Waals surface area contributed by atoms with E-state index >= 15 is 0 Å². The van der Waals surface area contributed by atoms with E-state index in [4.69, 9.17) is 0 Å². The van der Waals surface area contributed by atoms with Crippen LogP contribution in [0.15, 0.2) is 24.3 Å². The van der Waals surface area contributed by atoms with E-state index in [0.717, 1.165) is 4.90 Å². The van der Waals surface area contributed by atoms with Crippen molar-refractivity contribution < 1.29 is 19.1 Å². The van der Waals surface area contributed by atoms with E-state index in [1.54, 1.807) is 32.0 Å². The van der Waals surface area contributed by atoms with Crippen molar-refractivity contribution in [2.75, 3.05) is 12.0 Å². The van der Waals surface area contributed by atoms with Gasteiger partial charge in [-0.25, -0.2) is 4.79 Å². The summed E-state index contributed by atoms with van der Waals surface area (Å²) in [6.45, 7) is 3.37. The number of ether oxygens (including phenoxy) is 1. The molecule has 0 saturated carbocycles. The second-order valence-corrected chi connectivity index (χ2v) is 3.87. The standard InChI is InChI=1S/C14H17NO4/c1-4-12(16)15(13(17)5-2)11-8-6-7-10(9-11)14(18)19-3/h6-9H,4-5H2,1-3H3. The van der Waals surface area contributed by atoms with Crippen LogP contribution in [0.3, 0.4) is 0 Å². The van der Waals surface area contributed by atoms with Crippen LogP contribution in [0.2, 0.25) is 0 Å². The fourth-order valence-corrected chi connectivity index (χ4v) is 1.63. The molecule has 0 aliphatic carbocycles. The van der Waals surface area contributed by atoms with Gasteiger partial charge < -0.3 is 4.74 Å². The van der Waals surface area contributed by atoms with Crippen molar-refractivity contribution in [3.8, 4) is 0 Å². The third kappa shape index (κ3) is 3.40. The van der Waals surface area contributed by atoms with Crippen molar-refractivity contribution in [1.29, 1.82) is 0 Å². The molecule has 0 unspecified atom stereocenters. The van der Waals surface area contributed by atoms with Crippen molar-refractivity contribution in [2.45, 2.75) is 26.7 Å². The van der Waals surface area contributed by atoms with Crippen molar-refractivity contribution in [3.05, 3.63) is 29.8 Å². The summed E-state index contributed by atoms with van der Waals surface area (Å²) in [5.41, 5.74) is 0.694. The SMILES string of the molecule is CCC(=O)N(C(=O)CC)c1cccc(C(=O)OC)c1. The number of hydrogen-bond acceptors (Lipinski definition) is 4. The number of hydrogen-bond donors (Lipinski definition) is 0. The van der Waals surface area contributed by atoms with Crippen LogP contribution in [0.4, 0.5) is 5.69 Å². The van der Waals surface area contributed by atoms with Crippen LogP contribution in [0, 0.1) is 0 Å². The van der Waals surface area contributed by atoms with Gasteiger partial charge in [0, 0.05) is 12.8 Å². The van der Waals surface area contributed by atoms with E-state index in [2.05, 4.69) is 4.74 Å². The topological polar surface area (TPSA) is 63.7 Å². The number of rotatable bonds is 4. The highest BCUT2D eigenvalue weighted by Crippen LogP contribution is 2.19. The molecule has 2 amide bonds. The van der Waals surface area contributed by atoms with Gasteiger partial charge in [-0.05, 0) is 18.2 Å². The zero-order valence-electron chi connectivity index (χ0n) is 11.3. The third-order valence-corrected chi connectivity index (χ3v) is 2.63. The fourth-order valence-electron chi connectivity index (χ4n) is 1.63. The molecule has 5 nitrogen and oxygen atoms in total. The van der Waals surface area contributed by atoms with Crippen LogP contribution in [0.25, 0.3) is 0 Å². The van der Waals surface area contributed by atoms with Crippen LogP contribution in [0.5, 0.6) is 0 Å². The van der Waals surface area contributed by atoms with Gasteiger partial charge in [-0.15, -0.1) is 0 Å². The first-order chi connectivity index (χ1) is 9.04. The van der Waals surface area contributed by atoms with E-state index in [1.807, 2.05) is 0 Å². The minimum absolute atomic E-state index is 0.216. The van der Waals surface area contributed by atoms with Crippen molar-refractivity contribution in [1.82, 2.24) is 0 Å². The summed E-state index contributed by atoms with van der Waals surface area (Å²) in [4.78, 5) is 36.3. The van der Waals surface area contributed by atoms with Gasteiger partial charge in [0.2, 0.25) is 11.8 Å². The predicted molar refractivity (Wildman–Crippen MR) is 70.9 cm³/mol. The van der Waals surface area contributed by atoms with Gasteiger partial charge in [0.1, 0.15) is 0 Å². The molecule has 1 aromatic rings. The number of imide groups is 1. The fraction of sp³-hybridized carbons (Fsp3) is 0.357. The van der Waals surface area contributed by atoms with Gasteiger partial charge in [-0.3, -0.25) is 14.5 Å². The molecule has 0 saturated heterocycles. The Morgan fingerprint density at radius 3 is 2.16 bits per heavy atom. The summed E-state index contributed by atoms with van der Waals surface area (Å²) in [5, 5.41) is 0. The number of benzene rings is 1. The van der Waals surface area contributed by atoms with E-state index in [-0.39, 0.29) is 24.7 Å². The maximum atomic E-state index is 11.9. The third-order valence-electron chi connectivity index (χ3n) is 2.63. The minimum Gasteiger partial charge on any atom is -0.465 e.